The number of hydrogen-bond acceptors (Lipinski definition) is 8. The van der Waals surface area contributed by atoms with E-state index < -0.39 is 10.8 Å². The van der Waals surface area contributed by atoms with E-state index in [0.717, 1.165) is 0 Å². The summed E-state index contributed by atoms with van der Waals surface area (Å²) in [6.07, 6.45) is 0. The smallest absolute Gasteiger partial charge is 0.271 e. The van der Waals surface area contributed by atoms with E-state index in [1.165, 1.54) is 24.3 Å². The number of fused-ring (bicyclic) bond motifs is 1. The van der Waals surface area contributed by atoms with Gasteiger partial charge in [-0.05, 0) is 53.9 Å². The second-order valence-electron chi connectivity index (χ2n) is 8.83. The lowest BCUT2D eigenvalue weighted by molar-refractivity contribution is -0.384. The van der Waals surface area contributed by atoms with Gasteiger partial charge in [0.2, 0.25) is 0 Å². The van der Waals surface area contributed by atoms with Crippen LogP contribution in [0.1, 0.15) is 20.7 Å². The van der Waals surface area contributed by atoms with E-state index in [0.29, 0.717) is 33.4 Å². The Morgan fingerprint density at radius 1 is 0.707 bits per heavy atom. The number of hydrogen-bond donors (Lipinski definition) is 6. The Kier molecular flexibility index (Phi) is 8.29. The van der Waals surface area contributed by atoms with Crippen molar-refractivity contribution >= 4 is 56.7 Å². The summed E-state index contributed by atoms with van der Waals surface area (Å²) in [4.78, 5) is 34.9. The molecule has 0 spiro atoms. The number of nitro groups is 1. The molecule has 0 fully saturated rings. The van der Waals surface area contributed by atoms with Crippen LogP contribution in [0.15, 0.2) is 103 Å². The van der Waals surface area contributed by atoms with Crippen LogP contribution in [0.3, 0.4) is 0 Å². The van der Waals surface area contributed by atoms with E-state index in [9.17, 15) is 24.8 Å². The fourth-order valence-electron chi connectivity index (χ4n) is 3.86. The highest BCUT2D eigenvalue weighted by atomic mass is 16.6. The zero-order chi connectivity index (χ0) is 29.5. The third kappa shape index (κ3) is 6.67. The summed E-state index contributed by atoms with van der Waals surface area (Å²) in [5.74, 6) is -1.08. The van der Waals surface area contributed by atoms with E-state index in [2.05, 4.69) is 10.6 Å². The first-order valence-electron chi connectivity index (χ1n) is 12.2. The number of para-hydroxylation sites is 2. The zero-order valence-electron chi connectivity index (χ0n) is 21.6. The Bertz CT molecular complexity index is 1740. The Hall–Kier alpha value is -6.10. The molecule has 5 rings (SSSR count). The lowest BCUT2D eigenvalue weighted by Crippen LogP contribution is -2.13. The summed E-state index contributed by atoms with van der Waals surface area (Å²) in [5.41, 5.74) is 19.1. The molecule has 5 aromatic carbocycles. The van der Waals surface area contributed by atoms with Gasteiger partial charge in [0.1, 0.15) is 0 Å². The number of anilines is 5. The number of benzene rings is 5. The van der Waals surface area contributed by atoms with Crippen LogP contribution in [-0.2, 0) is 0 Å². The molecule has 0 aliphatic heterocycles. The van der Waals surface area contributed by atoms with Gasteiger partial charge in [0.15, 0.2) is 5.75 Å². The third-order valence-corrected chi connectivity index (χ3v) is 6.00. The van der Waals surface area contributed by atoms with Gasteiger partial charge in [-0.1, -0.05) is 42.5 Å². The summed E-state index contributed by atoms with van der Waals surface area (Å²) in [5, 5.41) is 27.3. The number of nitro benzene ring substituents is 1. The fraction of sp³-hybridized carbons (Fsp3) is 0. The maximum Gasteiger partial charge on any atom is 0.271 e. The van der Waals surface area contributed by atoms with Crippen molar-refractivity contribution in [1.29, 1.82) is 0 Å². The highest BCUT2D eigenvalue weighted by Gasteiger charge is 2.18. The van der Waals surface area contributed by atoms with Crippen LogP contribution in [0.2, 0.25) is 0 Å². The first kappa shape index (κ1) is 27.9. The maximum atomic E-state index is 12.7. The first-order chi connectivity index (χ1) is 19.6. The van der Waals surface area contributed by atoms with Gasteiger partial charge in [0.25, 0.3) is 17.5 Å². The largest absolute Gasteiger partial charge is 0.505 e. The lowest BCUT2D eigenvalue weighted by Gasteiger charge is -2.12. The average molecular weight is 551 g/mol. The number of carbonyl (C=O) groups excluding carboxylic acids is 2. The molecule has 0 bridgehead atoms. The second-order valence-corrected chi connectivity index (χ2v) is 8.83. The summed E-state index contributed by atoms with van der Waals surface area (Å²) in [7, 11) is 0. The Morgan fingerprint density at radius 3 is 1.85 bits per heavy atom. The van der Waals surface area contributed by atoms with Gasteiger partial charge in [0.05, 0.1) is 27.5 Å². The van der Waals surface area contributed by atoms with Crippen LogP contribution in [-0.4, -0.2) is 21.8 Å². The molecule has 9 N–H and O–H groups in total. The van der Waals surface area contributed by atoms with Crippen molar-refractivity contribution in [2.75, 3.05) is 27.8 Å². The Morgan fingerprint density at radius 2 is 1.29 bits per heavy atom. The Labute approximate surface area is 234 Å². The number of nitrogens with two attached hydrogens (primary N) is 3. The SMILES string of the molecule is Nc1c(O)c(C(=O)Nc2ccccc2)cc2cc(C(=O)Nc3ccccc3)ccc12.Nc1ccc([N+](=O)[O-])cc1N. The number of rotatable bonds is 5. The summed E-state index contributed by atoms with van der Waals surface area (Å²) < 4.78 is 0. The molecule has 2 amide bonds. The molecule has 11 nitrogen and oxygen atoms in total. The van der Waals surface area contributed by atoms with Gasteiger partial charge in [-0.25, -0.2) is 0 Å². The molecule has 0 atom stereocenters. The second kappa shape index (κ2) is 12.2. The van der Waals surface area contributed by atoms with Crippen molar-refractivity contribution in [1.82, 2.24) is 0 Å². The number of phenols is 1. The molecule has 206 valence electrons. The molecule has 0 heterocycles. The number of nitrogens with one attached hydrogen (secondary N) is 2. The number of nitrogens with zero attached hydrogens (tertiary/aromatic N) is 1. The molecule has 41 heavy (non-hydrogen) atoms. The number of aromatic hydroxyl groups is 1. The van der Waals surface area contributed by atoms with Crippen LogP contribution >= 0.6 is 0 Å². The molecule has 5 aromatic rings. The van der Waals surface area contributed by atoms with Crippen molar-refractivity contribution in [3.63, 3.8) is 0 Å². The molecule has 0 saturated carbocycles. The molecule has 0 aliphatic carbocycles. The number of phenolic OH excluding ortho intramolecular Hbond substituents is 1. The highest BCUT2D eigenvalue weighted by Crippen LogP contribution is 2.34. The van der Waals surface area contributed by atoms with Crippen molar-refractivity contribution < 1.29 is 19.6 Å². The van der Waals surface area contributed by atoms with Gasteiger partial charge < -0.3 is 32.9 Å². The molecule has 0 radical (unpaired) electrons. The van der Waals surface area contributed by atoms with E-state index >= 15 is 0 Å². The van der Waals surface area contributed by atoms with Gasteiger partial charge in [-0.2, -0.15) is 0 Å². The molecular weight excluding hydrogens is 524 g/mol. The number of amides is 2. The summed E-state index contributed by atoms with van der Waals surface area (Å²) >= 11 is 0. The third-order valence-electron chi connectivity index (χ3n) is 6.00. The van der Waals surface area contributed by atoms with Crippen molar-refractivity contribution in [3.05, 3.63) is 124 Å². The average Bonchev–Trinajstić information content (AvgIpc) is 2.97. The minimum Gasteiger partial charge on any atom is -0.505 e. The van der Waals surface area contributed by atoms with Crippen LogP contribution < -0.4 is 27.8 Å². The van der Waals surface area contributed by atoms with Crippen molar-refractivity contribution in [3.8, 4) is 5.75 Å². The normalized spacial score (nSPS) is 10.2. The van der Waals surface area contributed by atoms with Crippen LogP contribution in [0.4, 0.5) is 34.1 Å². The molecule has 11 heteroatoms. The Balaban J connectivity index is 0.000000296. The standard InChI is InChI=1S/C24H19N3O3.C6H7N3O2/c25-21-19-12-11-15(23(29)26-17-7-3-1-4-8-17)13-16(19)14-20(22(21)28)24(30)27-18-9-5-2-6-10-18;7-5-2-1-4(9(10)11)3-6(5)8/h1-14,28H,25H2,(H,26,29)(H,27,30);1-3H,7-8H2. The lowest BCUT2D eigenvalue weighted by atomic mass is 10.0. The molecule has 0 aromatic heterocycles. The van der Waals surface area contributed by atoms with Crippen molar-refractivity contribution in [2.24, 2.45) is 0 Å². The number of carbonyl (C=O) groups is 2. The topological polar surface area (TPSA) is 200 Å². The van der Waals surface area contributed by atoms with E-state index in [4.69, 9.17) is 17.2 Å². The zero-order valence-corrected chi connectivity index (χ0v) is 21.6. The quantitative estimate of drug-likeness (QED) is 0.0723. The van der Waals surface area contributed by atoms with Crippen LogP contribution in [0, 0.1) is 10.1 Å². The minimum absolute atomic E-state index is 0.0319. The van der Waals surface area contributed by atoms with Gasteiger partial charge in [-0.3, -0.25) is 19.7 Å². The molecular formula is C30H26N6O5. The van der Waals surface area contributed by atoms with Gasteiger partial charge >= 0.3 is 0 Å². The van der Waals surface area contributed by atoms with E-state index in [1.807, 2.05) is 24.3 Å². The fourth-order valence-corrected chi connectivity index (χ4v) is 3.86. The van der Waals surface area contributed by atoms with Crippen LogP contribution in [0.5, 0.6) is 5.75 Å². The van der Waals surface area contributed by atoms with Crippen LogP contribution in [0.25, 0.3) is 10.8 Å². The van der Waals surface area contributed by atoms with Crippen molar-refractivity contribution in [2.45, 2.75) is 0 Å². The molecule has 0 saturated heterocycles. The highest BCUT2D eigenvalue weighted by molar-refractivity contribution is 6.13. The van der Waals surface area contributed by atoms with E-state index in [-0.39, 0.29) is 34.3 Å². The monoisotopic (exact) mass is 550 g/mol. The van der Waals surface area contributed by atoms with E-state index in [1.54, 1.807) is 54.6 Å². The molecule has 0 unspecified atom stereocenters. The maximum absolute atomic E-state index is 12.7. The molecule has 0 aliphatic rings. The summed E-state index contributed by atoms with van der Waals surface area (Å²) in [6, 6.07) is 28.4. The first-order valence-corrected chi connectivity index (χ1v) is 12.2. The summed E-state index contributed by atoms with van der Waals surface area (Å²) in [6.45, 7) is 0. The number of non-ortho nitro benzene ring substituents is 1. The van der Waals surface area contributed by atoms with Gasteiger partial charge in [0, 0.05) is 34.5 Å². The minimum atomic E-state index is -0.518. The predicted octanol–water partition coefficient (Wildman–Crippen LogP) is 5.39. The van der Waals surface area contributed by atoms with Gasteiger partial charge in [-0.15, -0.1) is 0 Å². The predicted molar refractivity (Wildman–Crippen MR) is 161 cm³/mol. The number of nitrogen functional groups attached to an aromatic ring is 3.